The first kappa shape index (κ1) is 15.8. The Morgan fingerprint density at radius 3 is 2.56 bits per heavy atom. The molecule has 0 radical (unpaired) electrons. The number of rotatable bonds is 4. The Morgan fingerprint density at radius 1 is 1.12 bits per heavy atom. The van der Waals surface area contributed by atoms with E-state index in [-0.39, 0.29) is 5.75 Å². The normalized spacial score (nSPS) is 14.5. The molecule has 0 saturated carbocycles. The molecule has 0 fully saturated rings. The molecule has 5 heteroatoms. The maximum Gasteiger partial charge on any atom is 0.200 e. The number of methoxy groups -OCH3 is 2. The molecule has 25 heavy (non-hydrogen) atoms. The van der Waals surface area contributed by atoms with E-state index in [4.69, 9.17) is 9.47 Å². The van der Waals surface area contributed by atoms with E-state index in [0.717, 1.165) is 31.6 Å². The number of aromatic nitrogens is 1. The largest absolute Gasteiger partial charge is 0.502 e. The molecule has 2 aromatic carbocycles. The zero-order chi connectivity index (χ0) is 17.4. The van der Waals surface area contributed by atoms with Crippen LogP contribution >= 0.6 is 0 Å². The van der Waals surface area contributed by atoms with E-state index in [9.17, 15) is 5.11 Å². The van der Waals surface area contributed by atoms with Crippen LogP contribution in [-0.2, 0) is 19.5 Å². The van der Waals surface area contributed by atoms with Gasteiger partial charge in [0, 0.05) is 36.2 Å². The van der Waals surface area contributed by atoms with E-state index in [1.807, 2.05) is 12.1 Å². The molecule has 0 saturated heterocycles. The number of para-hydroxylation sites is 1. The molecule has 0 unspecified atom stereocenters. The summed E-state index contributed by atoms with van der Waals surface area (Å²) >= 11 is 0. The summed E-state index contributed by atoms with van der Waals surface area (Å²) < 4.78 is 10.5. The van der Waals surface area contributed by atoms with Crippen molar-refractivity contribution in [1.82, 2.24) is 9.88 Å². The van der Waals surface area contributed by atoms with Crippen LogP contribution in [0, 0.1) is 0 Å². The van der Waals surface area contributed by atoms with Crippen molar-refractivity contribution in [3.63, 3.8) is 0 Å². The Labute approximate surface area is 146 Å². The molecule has 3 aromatic rings. The Balaban J connectivity index is 1.58. The molecule has 1 aromatic heterocycles. The summed E-state index contributed by atoms with van der Waals surface area (Å²) in [6.07, 6.45) is 1.03. The molecule has 1 aliphatic heterocycles. The highest BCUT2D eigenvalue weighted by atomic mass is 16.5. The molecule has 2 N–H and O–H groups in total. The molecular weight excluding hydrogens is 316 g/mol. The molecule has 4 rings (SSSR count). The number of aromatic hydroxyl groups is 1. The lowest BCUT2D eigenvalue weighted by Crippen LogP contribution is -2.29. The third-order valence-corrected chi connectivity index (χ3v) is 4.91. The fourth-order valence-electron chi connectivity index (χ4n) is 3.68. The Bertz CT molecular complexity index is 891. The van der Waals surface area contributed by atoms with Crippen LogP contribution in [0.25, 0.3) is 10.9 Å². The van der Waals surface area contributed by atoms with Crippen molar-refractivity contribution in [2.45, 2.75) is 19.5 Å². The van der Waals surface area contributed by atoms with Gasteiger partial charge in [-0.25, -0.2) is 0 Å². The van der Waals surface area contributed by atoms with Crippen LogP contribution in [0.3, 0.4) is 0 Å². The lowest BCUT2D eigenvalue weighted by molar-refractivity contribution is 0.242. The van der Waals surface area contributed by atoms with Crippen LogP contribution < -0.4 is 9.47 Å². The molecule has 0 atom stereocenters. The highest BCUT2D eigenvalue weighted by Crippen LogP contribution is 2.38. The molecule has 2 heterocycles. The van der Waals surface area contributed by atoms with E-state index >= 15 is 0 Å². The number of nitrogens with zero attached hydrogens (tertiary/aromatic N) is 1. The first-order chi connectivity index (χ1) is 12.2. The highest BCUT2D eigenvalue weighted by molar-refractivity contribution is 5.84. The number of H-pyrrole nitrogens is 1. The van der Waals surface area contributed by atoms with Gasteiger partial charge in [-0.2, -0.15) is 0 Å². The Kier molecular flexibility index (Phi) is 4.01. The van der Waals surface area contributed by atoms with Crippen LogP contribution in [-0.4, -0.2) is 35.8 Å². The van der Waals surface area contributed by atoms with Crippen molar-refractivity contribution in [1.29, 1.82) is 0 Å². The quantitative estimate of drug-likeness (QED) is 0.765. The fraction of sp³-hybridized carbons (Fsp3) is 0.300. The zero-order valence-corrected chi connectivity index (χ0v) is 14.5. The van der Waals surface area contributed by atoms with Gasteiger partial charge in [-0.1, -0.05) is 18.2 Å². The molecule has 0 amide bonds. The van der Waals surface area contributed by atoms with Crippen molar-refractivity contribution in [2.75, 3.05) is 20.8 Å². The second-order valence-electron chi connectivity index (χ2n) is 6.44. The van der Waals surface area contributed by atoms with Gasteiger partial charge in [0.25, 0.3) is 0 Å². The van der Waals surface area contributed by atoms with Crippen molar-refractivity contribution in [3.05, 3.63) is 53.2 Å². The summed E-state index contributed by atoms with van der Waals surface area (Å²) in [6.45, 7) is 2.66. The fourth-order valence-corrected chi connectivity index (χ4v) is 3.68. The number of fused-ring (bicyclic) bond motifs is 3. The molecule has 0 aliphatic carbocycles. The number of ether oxygens (including phenoxy) is 2. The Hall–Kier alpha value is -2.66. The third-order valence-electron chi connectivity index (χ3n) is 4.91. The lowest BCUT2D eigenvalue weighted by atomic mass is 10.0. The zero-order valence-electron chi connectivity index (χ0n) is 14.5. The van der Waals surface area contributed by atoms with Crippen LogP contribution in [0.5, 0.6) is 17.2 Å². The van der Waals surface area contributed by atoms with Gasteiger partial charge < -0.3 is 19.6 Å². The minimum atomic E-state index is 0.0466. The van der Waals surface area contributed by atoms with E-state index in [2.05, 4.69) is 34.1 Å². The number of aromatic amines is 1. The minimum absolute atomic E-state index is 0.0466. The minimum Gasteiger partial charge on any atom is -0.502 e. The van der Waals surface area contributed by atoms with Gasteiger partial charge in [0.15, 0.2) is 11.5 Å². The number of benzene rings is 2. The molecule has 130 valence electrons. The summed E-state index contributed by atoms with van der Waals surface area (Å²) in [6, 6.07) is 12.2. The maximum absolute atomic E-state index is 10.1. The predicted molar refractivity (Wildman–Crippen MR) is 97.3 cm³/mol. The summed E-state index contributed by atoms with van der Waals surface area (Å²) in [4.78, 5) is 5.95. The van der Waals surface area contributed by atoms with Crippen LogP contribution in [0.4, 0.5) is 0 Å². The topological polar surface area (TPSA) is 57.7 Å². The summed E-state index contributed by atoms with van der Waals surface area (Å²) in [5.41, 5.74) is 5.01. The molecule has 5 nitrogen and oxygen atoms in total. The second kappa shape index (κ2) is 6.33. The summed E-state index contributed by atoms with van der Waals surface area (Å²) in [7, 11) is 3.10. The average molecular weight is 338 g/mol. The van der Waals surface area contributed by atoms with E-state index in [1.54, 1.807) is 14.2 Å². The first-order valence-corrected chi connectivity index (χ1v) is 8.44. The van der Waals surface area contributed by atoms with Crippen molar-refractivity contribution in [3.8, 4) is 17.2 Å². The predicted octanol–water partition coefficient (Wildman–Crippen LogP) is 3.45. The van der Waals surface area contributed by atoms with E-state index in [0.29, 0.717) is 11.5 Å². The van der Waals surface area contributed by atoms with Gasteiger partial charge in [-0.15, -0.1) is 0 Å². The van der Waals surface area contributed by atoms with Crippen LogP contribution in [0.1, 0.15) is 16.8 Å². The number of phenolic OH excluding ortho intramolecular Hbond substituents is 1. The van der Waals surface area contributed by atoms with Crippen molar-refractivity contribution < 1.29 is 14.6 Å². The molecular formula is C20H22N2O3. The monoisotopic (exact) mass is 338 g/mol. The van der Waals surface area contributed by atoms with Crippen LogP contribution in [0.15, 0.2) is 36.4 Å². The third kappa shape index (κ3) is 2.81. The molecule has 0 bridgehead atoms. The standard InChI is InChI=1S/C20H22N2O3/c1-24-18-9-13(10-19(25-2)20(18)23)11-22-8-7-15-14-5-3-4-6-16(14)21-17(15)12-22/h3-6,9-10,21,23H,7-8,11-12H2,1-2H3. The van der Waals surface area contributed by atoms with Crippen LogP contribution in [0.2, 0.25) is 0 Å². The van der Waals surface area contributed by atoms with E-state index in [1.165, 1.54) is 22.2 Å². The van der Waals surface area contributed by atoms with Gasteiger partial charge in [0.2, 0.25) is 5.75 Å². The van der Waals surface area contributed by atoms with Gasteiger partial charge in [0.1, 0.15) is 0 Å². The van der Waals surface area contributed by atoms with E-state index < -0.39 is 0 Å². The van der Waals surface area contributed by atoms with Crippen molar-refractivity contribution in [2.24, 2.45) is 0 Å². The smallest absolute Gasteiger partial charge is 0.200 e. The molecule has 0 spiro atoms. The van der Waals surface area contributed by atoms with Gasteiger partial charge in [-0.3, -0.25) is 4.90 Å². The summed E-state index contributed by atoms with van der Waals surface area (Å²) in [5, 5.41) is 11.4. The van der Waals surface area contributed by atoms with Crippen molar-refractivity contribution >= 4 is 10.9 Å². The Morgan fingerprint density at radius 2 is 1.84 bits per heavy atom. The van der Waals surface area contributed by atoms with Gasteiger partial charge in [-0.05, 0) is 35.7 Å². The number of hydrogen-bond acceptors (Lipinski definition) is 4. The number of hydrogen-bond donors (Lipinski definition) is 2. The lowest BCUT2D eigenvalue weighted by Gasteiger charge is -2.27. The summed E-state index contributed by atoms with van der Waals surface area (Å²) in [5.74, 6) is 0.931. The number of nitrogens with one attached hydrogen (secondary N) is 1. The highest BCUT2D eigenvalue weighted by Gasteiger charge is 2.21. The first-order valence-electron chi connectivity index (χ1n) is 8.44. The maximum atomic E-state index is 10.1. The van der Waals surface area contributed by atoms with Gasteiger partial charge in [0.05, 0.1) is 14.2 Å². The van der Waals surface area contributed by atoms with Gasteiger partial charge >= 0.3 is 0 Å². The number of phenols is 1. The second-order valence-corrected chi connectivity index (χ2v) is 6.44. The molecule has 1 aliphatic rings. The SMILES string of the molecule is COc1cc(CN2CCc3c([nH]c4ccccc34)C2)cc(OC)c1O. The average Bonchev–Trinajstić information content (AvgIpc) is 3.00.